The molecule has 2 unspecified atom stereocenters. The molecular formula is C14H19NO2. The van der Waals surface area contributed by atoms with Crippen molar-refractivity contribution >= 4 is 5.97 Å². The first-order chi connectivity index (χ1) is 8.16. The molecule has 3 nitrogen and oxygen atoms in total. The maximum atomic E-state index is 10.9. The number of carboxylic acid groups (broad SMARTS) is 1. The monoisotopic (exact) mass is 233 g/mol. The number of nitrogens with zero attached hydrogens (tertiary/aromatic N) is 1. The number of likely N-dealkylation sites (tertiary alicyclic amines) is 1. The van der Waals surface area contributed by atoms with Gasteiger partial charge in [0.15, 0.2) is 0 Å². The summed E-state index contributed by atoms with van der Waals surface area (Å²) >= 11 is 0. The van der Waals surface area contributed by atoms with Crippen LogP contribution < -0.4 is 0 Å². The van der Waals surface area contributed by atoms with Crippen LogP contribution in [0.1, 0.15) is 18.9 Å². The van der Waals surface area contributed by atoms with Gasteiger partial charge in [-0.2, -0.15) is 0 Å². The average Bonchev–Trinajstić information content (AvgIpc) is 2.77. The second kappa shape index (κ2) is 5.32. The highest BCUT2D eigenvalue weighted by Crippen LogP contribution is 2.25. The summed E-state index contributed by atoms with van der Waals surface area (Å²) in [6, 6.07) is 10.3. The van der Waals surface area contributed by atoms with Crippen molar-refractivity contribution in [2.75, 3.05) is 13.1 Å². The third kappa shape index (κ3) is 3.07. The van der Waals surface area contributed by atoms with Crippen LogP contribution in [0.2, 0.25) is 0 Å². The highest BCUT2D eigenvalue weighted by atomic mass is 16.4. The van der Waals surface area contributed by atoms with E-state index in [2.05, 4.69) is 17.0 Å². The fraction of sp³-hybridized carbons (Fsp3) is 0.500. The average molecular weight is 233 g/mol. The van der Waals surface area contributed by atoms with E-state index < -0.39 is 5.97 Å². The van der Waals surface area contributed by atoms with Gasteiger partial charge in [0.2, 0.25) is 0 Å². The molecule has 0 bridgehead atoms. The molecule has 1 heterocycles. The predicted octanol–water partition coefficient (Wildman–Crippen LogP) is 2.23. The second-order valence-corrected chi connectivity index (χ2v) is 4.90. The van der Waals surface area contributed by atoms with Gasteiger partial charge >= 0.3 is 5.97 Å². The third-order valence-corrected chi connectivity index (χ3v) is 3.65. The van der Waals surface area contributed by atoms with E-state index in [0.29, 0.717) is 5.92 Å². The highest BCUT2D eigenvalue weighted by molar-refractivity contribution is 5.69. The standard InChI is InChI=1S/C14H19NO2/c1-11(14(16)17)13-7-8-15(10-13)9-12-5-3-2-4-6-12/h2-6,11,13H,7-10H2,1H3,(H,16,17). The Bertz CT molecular complexity index is 377. The van der Waals surface area contributed by atoms with Crippen LogP contribution in [0.3, 0.4) is 0 Å². The Morgan fingerprint density at radius 3 is 2.82 bits per heavy atom. The van der Waals surface area contributed by atoms with Crippen LogP contribution in [0, 0.1) is 11.8 Å². The van der Waals surface area contributed by atoms with Gasteiger partial charge in [0.1, 0.15) is 0 Å². The Morgan fingerprint density at radius 1 is 1.47 bits per heavy atom. The van der Waals surface area contributed by atoms with E-state index in [1.165, 1.54) is 5.56 Å². The van der Waals surface area contributed by atoms with Crippen molar-refractivity contribution in [2.45, 2.75) is 19.9 Å². The van der Waals surface area contributed by atoms with Crippen molar-refractivity contribution in [1.29, 1.82) is 0 Å². The first kappa shape index (κ1) is 12.1. The Balaban J connectivity index is 1.88. The van der Waals surface area contributed by atoms with Gasteiger partial charge in [0.05, 0.1) is 5.92 Å². The van der Waals surface area contributed by atoms with Gasteiger partial charge in [-0.25, -0.2) is 0 Å². The molecule has 2 atom stereocenters. The maximum absolute atomic E-state index is 10.9. The SMILES string of the molecule is CC(C(=O)O)C1CCN(Cc2ccccc2)C1. The first-order valence-electron chi connectivity index (χ1n) is 6.16. The van der Waals surface area contributed by atoms with Crippen molar-refractivity contribution in [3.8, 4) is 0 Å². The largest absolute Gasteiger partial charge is 0.481 e. The number of carboxylic acids is 1. The lowest BCUT2D eigenvalue weighted by molar-refractivity contribution is -0.142. The smallest absolute Gasteiger partial charge is 0.306 e. The van der Waals surface area contributed by atoms with E-state index in [1.807, 2.05) is 25.1 Å². The van der Waals surface area contributed by atoms with E-state index in [0.717, 1.165) is 26.1 Å². The van der Waals surface area contributed by atoms with Crippen molar-refractivity contribution in [3.63, 3.8) is 0 Å². The molecule has 2 rings (SSSR count). The summed E-state index contributed by atoms with van der Waals surface area (Å²) in [6.07, 6.45) is 1.00. The van der Waals surface area contributed by atoms with Crippen LogP contribution in [0.25, 0.3) is 0 Å². The molecule has 0 spiro atoms. The number of carbonyl (C=O) groups is 1. The quantitative estimate of drug-likeness (QED) is 0.867. The normalized spacial score (nSPS) is 22.5. The third-order valence-electron chi connectivity index (χ3n) is 3.65. The van der Waals surface area contributed by atoms with E-state index in [-0.39, 0.29) is 5.92 Å². The molecule has 3 heteroatoms. The predicted molar refractivity (Wildman–Crippen MR) is 66.6 cm³/mol. The van der Waals surface area contributed by atoms with Gasteiger partial charge in [-0.1, -0.05) is 37.3 Å². The van der Waals surface area contributed by atoms with Crippen LogP contribution >= 0.6 is 0 Å². The van der Waals surface area contributed by atoms with Gasteiger partial charge in [-0.3, -0.25) is 9.69 Å². The molecule has 1 N–H and O–H groups in total. The molecule has 0 radical (unpaired) electrons. The molecule has 0 aromatic heterocycles. The van der Waals surface area contributed by atoms with Crippen LogP contribution in [-0.4, -0.2) is 29.1 Å². The highest BCUT2D eigenvalue weighted by Gasteiger charge is 2.30. The second-order valence-electron chi connectivity index (χ2n) is 4.90. The summed E-state index contributed by atoms with van der Waals surface area (Å²) in [4.78, 5) is 13.3. The van der Waals surface area contributed by atoms with Gasteiger partial charge < -0.3 is 5.11 Å². The van der Waals surface area contributed by atoms with E-state index in [4.69, 9.17) is 5.11 Å². The summed E-state index contributed by atoms with van der Waals surface area (Å²) in [5.41, 5.74) is 1.30. The number of aliphatic carboxylic acids is 1. The number of benzene rings is 1. The first-order valence-corrected chi connectivity index (χ1v) is 6.16. The van der Waals surface area contributed by atoms with Crippen molar-refractivity contribution in [3.05, 3.63) is 35.9 Å². The Hall–Kier alpha value is -1.35. The molecule has 1 aliphatic rings. The molecule has 0 saturated carbocycles. The van der Waals surface area contributed by atoms with Gasteiger partial charge in [0, 0.05) is 13.1 Å². The summed E-state index contributed by atoms with van der Waals surface area (Å²) < 4.78 is 0. The lowest BCUT2D eigenvalue weighted by Gasteiger charge is -2.17. The fourth-order valence-corrected chi connectivity index (χ4v) is 2.46. The van der Waals surface area contributed by atoms with Crippen LogP contribution in [0.4, 0.5) is 0 Å². The van der Waals surface area contributed by atoms with E-state index in [9.17, 15) is 4.79 Å². The molecule has 1 aromatic carbocycles. The molecule has 1 fully saturated rings. The van der Waals surface area contributed by atoms with Crippen LogP contribution in [0.15, 0.2) is 30.3 Å². The molecule has 0 aliphatic carbocycles. The minimum Gasteiger partial charge on any atom is -0.481 e. The molecule has 92 valence electrons. The molecule has 1 saturated heterocycles. The zero-order valence-corrected chi connectivity index (χ0v) is 10.2. The van der Waals surface area contributed by atoms with Gasteiger partial charge in [-0.05, 0) is 24.4 Å². The lowest BCUT2D eigenvalue weighted by Crippen LogP contribution is -2.25. The van der Waals surface area contributed by atoms with Crippen molar-refractivity contribution in [2.24, 2.45) is 11.8 Å². The summed E-state index contributed by atoms with van der Waals surface area (Å²) in [6.45, 7) is 4.67. The van der Waals surface area contributed by atoms with Gasteiger partial charge in [-0.15, -0.1) is 0 Å². The van der Waals surface area contributed by atoms with Crippen LogP contribution in [-0.2, 0) is 11.3 Å². The Kier molecular flexibility index (Phi) is 3.79. The topological polar surface area (TPSA) is 40.5 Å². The minimum atomic E-state index is -0.670. The lowest BCUT2D eigenvalue weighted by atomic mass is 9.94. The number of hydrogen-bond donors (Lipinski definition) is 1. The molecule has 1 aromatic rings. The van der Waals surface area contributed by atoms with Crippen molar-refractivity contribution < 1.29 is 9.90 Å². The number of rotatable bonds is 4. The summed E-state index contributed by atoms with van der Waals surface area (Å²) in [5.74, 6) is -0.594. The van der Waals surface area contributed by atoms with E-state index >= 15 is 0 Å². The van der Waals surface area contributed by atoms with Gasteiger partial charge in [0.25, 0.3) is 0 Å². The maximum Gasteiger partial charge on any atom is 0.306 e. The molecular weight excluding hydrogens is 214 g/mol. The van der Waals surface area contributed by atoms with E-state index in [1.54, 1.807) is 0 Å². The number of hydrogen-bond acceptors (Lipinski definition) is 2. The molecule has 17 heavy (non-hydrogen) atoms. The summed E-state index contributed by atoms with van der Waals surface area (Å²) in [5, 5.41) is 9.00. The molecule has 1 aliphatic heterocycles. The zero-order chi connectivity index (χ0) is 12.3. The fourth-order valence-electron chi connectivity index (χ4n) is 2.46. The minimum absolute atomic E-state index is 0.226. The molecule has 0 amide bonds. The van der Waals surface area contributed by atoms with Crippen molar-refractivity contribution in [1.82, 2.24) is 4.90 Å². The Labute approximate surface area is 102 Å². The zero-order valence-electron chi connectivity index (χ0n) is 10.2. The van der Waals surface area contributed by atoms with Crippen LogP contribution in [0.5, 0.6) is 0 Å². The Morgan fingerprint density at radius 2 is 2.18 bits per heavy atom. The summed E-state index contributed by atoms with van der Waals surface area (Å²) in [7, 11) is 0.